The number of methoxy groups -OCH3 is 2. The van der Waals surface area contributed by atoms with E-state index in [4.69, 9.17) is 9.47 Å². The number of nitrogens with one attached hydrogen (secondary N) is 1. The van der Waals surface area contributed by atoms with E-state index in [0.717, 1.165) is 0 Å². The monoisotopic (exact) mass is 301 g/mol. The molecule has 4 nitrogen and oxygen atoms in total. The molecule has 0 bridgehead atoms. The summed E-state index contributed by atoms with van der Waals surface area (Å²) in [5.41, 5.74) is 0.451. The number of hydrogen-bond donors (Lipinski definition) is 1. The van der Waals surface area contributed by atoms with Crippen molar-refractivity contribution in [3.8, 4) is 11.5 Å². The first-order valence-corrected chi connectivity index (χ1v) is 6.01. The van der Waals surface area contributed by atoms with Crippen LogP contribution >= 0.6 is 15.9 Å². The van der Waals surface area contributed by atoms with E-state index in [-0.39, 0.29) is 11.9 Å². The van der Waals surface area contributed by atoms with Gasteiger partial charge in [-0.15, -0.1) is 0 Å². The fraction of sp³-hybridized carbons (Fsp3) is 0.417. The molecule has 1 rings (SSSR count). The Labute approximate surface area is 109 Å². The maximum Gasteiger partial charge on any atom is 0.255 e. The van der Waals surface area contributed by atoms with Gasteiger partial charge in [-0.2, -0.15) is 0 Å². The minimum absolute atomic E-state index is 0.0668. The average Bonchev–Trinajstić information content (AvgIpc) is 2.26. The van der Waals surface area contributed by atoms with Crippen LogP contribution in [0.3, 0.4) is 0 Å². The molecule has 0 unspecified atom stereocenters. The number of amides is 1. The predicted molar refractivity (Wildman–Crippen MR) is 69.8 cm³/mol. The topological polar surface area (TPSA) is 47.6 Å². The summed E-state index contributed by atoms with van der Waals surface area (Å²) in [4.78, 5) is 12.0. The second-order valence-electron chi connectivity index (χ2n) is 3.82. The molecule has 1 amide bonds. The lowest BCUT2D eigenvalue weighted by Crippen LogP contribution is -2.30. The first-order chi connectivity index (χ1) is 7.99. The highest BCUT2D eigenvalue weighted by molar-refractivity contribution is 9.10. The molecule has 0 atom stereocenters. The summed E-state index contributed by atoms with van der Waals surface area (Å²) >= 11 is 3.35. The Morgan fingerprint density at radius 2 is 1.94 bits per heavy atom. The number of ether oxygens (including phenoxy) is 2. The minimum Gasteiger partial charge on any atom is -0.497 e. The van der Waals surface area contributed by atoms with Crippen LogP contribution in [0.5, 0.6) is 11.5 Å². The first-order valence-electron chi connectivity index (χ1n) is 5.22. The molecule has 0 radical (unpaired) electrons. The molecule has 5 heteroatoms. The van der Waals surface area contributed by atoms with Gasteiger partial charge in [0.05, 0.1) is 24.3 Å². The smallest absolute Gasteiger partial charge is 0.255 e. The molecule has 1 aromatic rings. The number of rotatable bonds is 4. The zero-order valence-electron chi connectivity index (χ0n) is 10.3. The van der Waals surface area contributed by atoms with Gasteiger partial charge in [0.25, 0.3) is 5.91 Å². The van der Waals surface area contributed by atoms with E-state index >= 15 is 0 Å². The van der Waals surface area contributed by atoms with Gasteiger partial charge in [0.2, 0.25) is 0 Å². The highest BCUT2D eigenvalue weighted by atomic mass is 79.9. The van der Waals surface area contributed by atoms with Crippen LogP contribution in [-0.4, -0.2) is 26.2 Å². The molecule has 0 aromatic heterocycles. The van der Waals surface area contributed by atoms with Gasteiger partial charge in [0.15, 0.2) is 0 Å². The molecule has 0 fully saturated rings. The zero-order valence-corrected chi connectivity index (χ0v) is 11.9. The van der Waals surface area contributed by atoms with E-state index in [1.54, 1.807) is 19.2 Å². The molecule has 0 aliphatic carbocycles. The van der Waals surface area contributed by atoms with Crippen molar-refractivity contribution in [2.24, 2.45) is 0 Å². The Kier molecular flexibility index (Phi) is 4.81. The van der Waals surface area contributed by atoms with Gasteiger partial charge in [-0.05, 0) is 41.9 Å². The predicted octanol–water partition coefficient (Wildman–Crippen LogP) is 2.60. The van der Waals surface area contributed by atoms with E-state index in [1.807, 2.05) is 13.8 Å². The molecule has 1 aromatic carbocycles. The van der Waals surface area contributed by atoms with E-state index in [1.165, 1.54) is 7.11 Å². The standard InChI is InChI=1S/C12H16BrNO3/c1-7(2)14-12(15)9-5-8(16-3)6-10(13)11(9)17-4/h5-7H,1-4H3,(H,14,15). The maximum absolute atomic E-state index is 12.0. The Hall–Kier alpha value is -1.23. The van der Waals surface area contributed by atoms with E-state index < -0.39 is 0 Å². The molecule has 17 heavy (non-hydrogen) atoms. The third-order valence-electron chi connectivity index (χ3n) is 2.12. The zero-order chi connectivity index (χ0) is 13.0. The highest BCUT2D eigenvalue weighted by Gasteiger charge is 2.17. The lowest BCUT2D eigenvalue weighted by atomic mass is 10.1. The summed E-state index contributed by atoms with van der Waals surface area (Å²) in [6.07, 6.45) is 0. The van der Waals surface area contributed by atoms with Crippen molar-refractivity contribution in [2.45, 2.75) is 19.9 Å². The summed E-state index contributed by atoms with van der Waals surface area (Å²) in [5.74, 6) is 0.923. The molecule has 1 N–H and O–H groups in total. The first kappa shape index (κ1) is 13.8. The van der Waals surface area contributed by atoms with Crippen molar-refractivity contribution in [3.63, 3.8) is 0 Å². The van der Waals surface area contributed by atoms with Crippen molar-refractivity contribution < 1.29 is 14.3 Å². The third kappa shape index (κ3) is 3.36. The van der Waals surface area contributed by atoms with Gasteiger partial charge in [-0.25, -0.2) is 0 Å². The third-order valence-corrected chi connectivity index (χ3v) is 2.71. The van der Waals surface area contributed by atoms with Crippen LogP contribution in [0.1, 0.15) is 24.2 Å². The van der Waals surface area contributed by atoms with Crippen molar-refractivity contribution in [1.82, 2.24) is 5.32 Å². The van der Waals surface area contributed by atoms with Gasteiger partial charge in [0, 0.05) is 6.04 Å². The molecule has 94 valence electrons. The van der Waals surface area contributed by atoms with Crippen LogP contribution in [0, 0.1) is 0 Å². The second kappa shape index (κ2) is 5.91. The van der Waals surface area contributed by atoms with Crippen molar-refractivity contribution in [2.75, 3.05) is 14.2 Å². The Morgan fingerprint density at radius 1 is 1.29 bits per heavy atom. The van der Waals surface area contributed by atoms with Crippen molar-refractivity contribution in [3.05, 3.63) is 22.2 Å². The molecule has 0 spiro atoms. The lowest BCUT2D eigenvalue weighted by Gasteiger charge is -2.14. The number of benzene rings is 1. The maximum atomic E-state index is 12.0. The van der Waals surface area contributed by atoms with Crippen LogP contribution in [0.15, 0.2) is 16.6 Å². The van der Waals surface area contributed by atoms with E-state index in [2.05, 4.69) is 21.2 Å². The van der Waals surface area contributed by atoms with Crippen LogP contribution in [-0.2, 0) is 0 Å². The molecular formula is C12H16BrNO3. The number of hydrogen-bond acceptors (Lipinski definition) is 3. The number of carbonyl (C=O) groups is 1. The molecular weight excluding hydrogens is 286 g/mol. The lowest BCUT2D eigenvalue weighted by molar-refractivity contribution is 0.0939. The van der Waals surface area contributed by atoms with Gasteiger partial charge in [-0.1, -0.05) is 0 Å². The Morgan fingerprint density at radius 3 is 2.41 bits per heavy atom. The number of halogens is 1. The van der Waals surface area contributed by atoms with Crippen molar-refractivity contribution in [1.29, 1.82) is 0 Å². The summed E-state index contributed by atoms with van der Waals surface area (Å²) in [6, 6.07) is 3.48. The highest BCUT2D eigenvalue weighted by Crippen LogP contribution is 2.33. The quantitative estimate of drug-likeness (QED) is 0.930. The summed E-state index contributed by atoms with van der Waals surface area (Å²) in [5, 5.41) is 2.82. The fourth-order valence-corrected chi connectivity index (χ4v) is 2.00. The normalized spacial score (nSPS) is 10.2. The molecule has 0 heterocycles. The van der Waals surface area contributed by atoms with Crippen LogP contribution < -0.4 is 14.8 Å². The summed E-state index contributed by atoms with van der Waals surface area (Å²) in [7, 11) is 3.08. The van der Waals surface area contributed by atoms with Crippen LogP contribution in [0.4, 0.5) is 0 Å². The Bertz CT molecular complexity index is 418. The van der Waals surface area contributed by atoms with Crippen molar-refractivity contribution >= 4 is 21.8 Å². The molecule has 0 aliphatic heterocycles. The molecule has 0 aliphatic rings. The van der Waals surface area contributed by atoms with Gasteiger partial charge in [-0.3, -0.25) is 4.79 Å². The van der Waals surface area contributed by atoms with Crippen LogP contribution in [0.2, 0.25) is 0 Å². The van der Waals surface area contributed by atoms with Gasteiger partial charge in [0.1, 0.15) is 11.5 Å². The number of carbonyl (C=O) groups excluding carboxylic acids is 1. The summed E-state index contributed by atoms with van der Waals surface area (Å²) < 4.78 is 11.0. The Balaban J connectivity index is 3.19. The van der Waals surface area contributed by atoms with E-state index in [0.29, 0.717) is 21.5 Å². The molecule has 0 saturated carbocycles. The minimum atomic E-state index is -0.184. The SMILES string of the molecule is COc1cc(Br)c(OC)c(C(=O)NC(C)C)c1. The van der Waals surface area contributed by atoms with Crippen LogP contribution in [0.25, 0.3) is 0 Å². The summed E-state index contributed by atoms with van der Waals surface area (Å²) in [6.45, 7) is 3.80. The largest absolute Gasteiger partial charge is 0.497 e. The average molecular weight is 302 g/mol. The van der Waals surface area contributed by atoms with E-state index in [9.17, 15) is 4.79 Å². The van der Waals surface area contributed by atoms with Gasteiger partial charge < -0.3 is 14.8 Å². The molecule has 0 saturated heterocycles. The van der Waals surface area contributed by atoms with Gasteiger partial charge >= 0.3 is 0 Å². The second-order valence-corrected chi connectivity index (χ2v) is 4.67. The fourth-order valence-electron chi connectivity index (χ4n) is 1.40.